The van der Waals surface area contributed by atoms with E-state index in [-0.39, 0.29) is 5.82 Å². The second-order valence-corrected chi connectivity index (χ2v) is 4.43. The zero-order valence-corrected chi connectivity index (χ0v) is 9.69. The first-order valence-electron chi connectivity index (χ1n) is 5.75. The van der Waals surface area contributed by atoms with E-state index in [0.29, 0.717) is 5.82 Å². The molecule has 6 heteroatoms. The molecule has 92 valence electrons. The molecule has 1 atom stereocenters. The van der Waals surface area contributed by atoms with Gasteiger partial charge in [0.2, 0.25) is 5.82 Å². The van der Waals surface area contributed by atoms with Crippen molar-refractivity contribution in [1.82, 2.24) is 14.8 Å². The largest absolute Gasteiger partial charge is 0.475 e. The predicted molar refractivity (Wildman–Crippen MR) is 68.7 cm³/mol. The Morgan fingerprint density at radius 2 is 2.16 bits per heavy atom. The highest BCUT2D eigenvalue weighted by Gasteiger charge is 2.43. The molecule has 1 N–H and O–H groups in total. The number of aromatic carboxylic acids is 1. The van der Waals surface area contributed by atoms with Crippen LogP contribution in [0.5, 0.6) is 0 Å². The fourth-order valence-electron chi connectivity index (χ4n) is 2.65. The molecule has 1 aromatic rings. The second kappa shape index (κ2) is 3.17. The molecule has 1 spiro atoms. The van der Waals surface area contributed by atoms with Crippen molar-refractivity contribution in [3.05, 3.63) is 47.6 Å². The number of carboxylic acids is 1. The summed E-state index contributed by atoms with van der Waals surface area (Å²) in [4.78, 5) is 15.7. The van der Waals surface area contributed by atoms with Crippen molar-refractivity contribution in [2.45, 2.75) is 5.54 Å². The highest BCUT2D eigenvalue weighted by molar-refractivity contribution is 5.93. The fourth-order valence-corrected chi connectivity index (χ4v) is 2.65. The van der Waals surface area contributed by atoms with Gasteiger partial charge in [-0.3, -0.25) is 9.56 Å². The summed E-state index contributed by atoms with van der Waals surface area (Å²) in [7, 11) is 0. The van der Waals surface area contributed by atoms with E-state index in [4.69, 9.17) is 0 Å². The number of allylic oxidation sites excluding steroid dienone is 3. The van der Waals surface area contributed by atoms with Gasteiger partial charge in [-0.2, -0.15) is 0 Å². The number of carboxylic acid groups (broad SMARTS) is 1. The van der Waals surface area contributed by atoms with Gasteiger partial charge in [-0.1, -0.05) is 12.2 Å². The molecule has 6 nitrogen and oxygen atoms in total. The number of carbonyl (C=O) groups is 1. The molecule has 19 heavy (non-hydrogen) atoms. The number of hydrogen-bond acceptors (Lipinski definition) is 4. The molecule has 4 rings (SSSR count). The third-order valence-corrected chi connectivity index (χ3v) is 3.49. The summed E-state index contributed by atoms with van der Waals surface area (Å²) in [5.74, 6) is -0.695. The molecule has 0 radical (unpaired) electrons. The molecule has 0 amide bonds. The Labute approximate surface area is 107 Å². The van der Waals surface area contributed by atoms with Crippen molar-refractivity contribution in [3.8, 4) is 0 Å². The van der Waals surface area contributed by atoms with Gasteiger partial charge in [0.05, 0.1) is 5.70 Å². The standard InChI is InChI=1S/C13H8N4O2/c18-12(19)11-16-15-10-4-6-13-8(5-7-14-13)2-1-3-9(13)17(10)11/h1-7H,(H,18,19). The molecule has 0 bridgehead atoms. The highest BCUT2D eigenvalue weighted by Crippen LogP contribution is 2.44. The van der Waals surface area contributed by atoms with Crippen LogP contribution in [-0.4, -0.2) is 37.6 Å². The van der Waals surface area contributed by atoms with Crippen LogP contribution in [0.3, 0.4) is 0 Å². The summed E-state index contributed by atoms with van der Waals surface area (Å²) in [5.41, 5.74) is 1.13. The number of fused-ring (bicyclic) bond motifs is 2. The van der Waals surface area contributed by atoms with Gasteiger partial charge in [-0.15, -0.1) is 10.2 Å². The lowest BCUT2D eigenvalue weighted by Crippen LogP contribution is -2.34. The number of nitrogens with zero attached hydrogens (tertiary/aromatic N) is 4. The maximum Gasteiger partial charge on any atom is 0.374 e. The molecule has 0 fully saturated rings. The van der Waals surface area contributed by atoms with Gasteiger partial charge in [0.1, 0.15) is 5.54 Å². The summed E-state index contributed by atoms with van der Waals surface area (Å²) >= 11 is 0. The summed E-state index contributed by atoms with van der Waals surface area (Å²) in [6.45, 7) is 0. The van der Waals surface area contributed by atoms with Gasteiger partial charge in [0.15, 0.2) is 5.82 Å². The normalized spacial score (nSPS) is 25.5. The van der Waals surface area contributed by atoms with E-state index in [0.717, 1.165) is 11.3 Å². The first-order valence-corrected chi connectivity index (χ1v) is 5.75. The lowest BCUT2D eigenvalue weighted by molar-refractivity contribution is 0.0681. The van der Waals surface area contributed by atoms with Gasteiger partial charge in [-0.05, 0) is 29.9 Å². The number of hydrogen-bond donors (Lipinski definition) is 1. The van der Waals surface area contributed by atoms with Gasteiger partial charge >= 0.3 is 5.97 Å². The van der Waals surface area contributed by atoms with E-state index >= 15 is 0 Å². The number of aliphatic imine (C=N–C) groups is 1. The monoisotopic (exact) mass is 252 g/mol. The molecule has 3 aliphatic rings. The van der Waals surface area contributed by atoms with E-state index in [1.807, 2.05) is 30.4 Å². The van der Waals surface area contributed by atoms with Gasteiger partial charge in [-0.25, -0.2) is 4.79 Å². The van der Waals surface area contributed by atoms with Crippen molar-refractivity contribution in [2.24, 2.45) is 4.99 Å². The van der Waals surface area contributed by atoms with Crippen molar-refractivity contribution in [3.63, 3.8) is 0 Å². The van der Waals surface area contributed by atoms with Crippen LogP contribution in [0.4, 0.5) is 0 Å². The lowest BCUT2D eigenvalue weighted by atomic mass is 9.82. The van der Waals surface area contributed by atoms with E-state index in [1.165, 1.54) is 0 Å². The minimum atomic E-state index is -1.10. The Hall–Kier alpha value is -2.76. The van der Waals surface area contributed by atoms with Crippen LogP contribution in [0.2, 0.25) is 0 Å². The number of rotatable bonds is 1. The zero-order valence-electron chi connectivity index (χ0n) is 9.69. The fraction of sp³-hybridized carbons (Fsp3) is 0.0769. The van der Waals surface area contributed by atoms with E-state index in [9.17, 15) is 9.90 Å². The van der Waals surface area contributed by atoms with Crippen LogP contribution in [-0.2, 0) is 0 Å². The third kappa shape index (κ3) is 1.10. The Bertz CT molecular complexity index is 764. The summed E-state index contributed by atoms with van der Waals surface area (Å²) in [5, 5.41) is 16.8. The molecule has 1 aromatic heterocycles. The maximum absolute atomic E-state index is 11.3. The van der Waals surface area contributed by atoms with Crippen LogP contribution in [0.1, 0.15) is 16.4 Å². The van der Waals surface area contributed by atoms with Gasteiger partial charge in [0.25, 0.3) is 0 Å². The van der Waals surface area contributed by atoms with Gasteiger partial charge in [0, 0.05) is 6.21 Å². The summed E-state index contributed by atoms with van der Waals surface area (Å²) < 4.78 is 1.54. The Morgan fingerprint density at radius 3 is 3.00 bits per heavy atom. The molecule has 0 aromatic carbocycles. The molecule has 2 aliphatic heterocycles. The topological polar surface area (TPSA) is 80.4 Å². The predicted octanol–water partition coefficient (Wildman–Crippen LogP) is 1.16. The van der Waals surface area contributed by atoms with Crippen LogP contribution in [0, 0.1) is 0 Å². The van der Waals surface area contributed by atoms with Crippen molar-refractivity contribution >= 4 is 24.0 Å². The Kier molecular flexibility index (Phi) is 1.70. The molecule has 3 heterocycles. The molecular weight excluding hydrogens is 244 g/mol. The zero-order chi connectivity index (χ0) is 13.0. The molecule has 0 saturated heterocycles. The summed E-state index contributed by atoms with van der Waals surface area (Å²) in [6.07, 6.45) is 13.0. The SMILES string of the molecule is O=C(O)c1nnc2n1C1=CC=CC3=CC=NC31C=C2. The quantitative estimate of drug-likeness (QED) is 0.813. The lowest BCUT2D eigenvalue weighted by Gasteiger charge is -2.33. The van der Waals surface area contributed by atoms with Crippen LogP contribution in [0.15, 0.2) is 40.9 Å². The molecule has 1 unspecified atom stereocenters. The van der Waals surface area contributed by atoms with Crippen molar-refractivity contribution in [1.29, 1.82) is 0 Å². The maximum atomic E-state index is 11.3. The number of aromatic nitrogens is 3. The average molecular weight is 252 g/mol. The van der Waals surface area contributed by atoms with Crippen molar-refractivity contribution in [2.75, 3.05) is 0 Å². The summed E-state index contributed by atoms with van der Waals surface area (Å²) in [6, 6.07) is 0. The Morgan fingerprint density at radius 1 is 1.26 bits per heavy atom. The van der Waals surface area contributed by atoms with E-state index < -0.39 is 11.5 Å². The van der Waals surface area contributed by atoms with Crippen LogP contribution >= 0.6 is 0 Å². The van der Waals surface area contributed by atoms with Crippen LogP contribution < -0.4 is 0 Å². The Balaban J connectivity index is 2.05. The first-order chi connectivity index (χ1) is 9.22. The average Bonchev–Trinajstić information content (AvgIpc) is 3.01. The van der Waals surface area contributed by atoms with E-state index in [2.05, 4.69) is 15.2 Å². The first kappa shape index (κ1) is 10.2. The molecule has 0 saturated carbocycles. The second-order valence-electron chi connectivity index (χ2n) is 4.43. The third-order valence-electron chi connectivity index (χ3n) is 3.49. The minimum absolute atomic E-state index is 0.0956. The van der Waals surface area contributed by atoms with Gasteiger partial charge < -0.3 is 5.11 Å². The minimum Gasteiger partial charge on any atom is -0.475 e. The van der Waals surface area contributed by atoms with E-state index in [1.54, 1.807) is 16.9 Å². The molecular formula is C13H8N4O2. The van der Waals surface area contributed by atoms with Crippen molar-refractivity contribution < 1.29 is 9.90 Å². The van der Waals surface area contributed by atoms with Crippen LogP contribution in [0.25, 0.3) is 11.8 Å². The molecule has 1 aliphatic carbocycles. The highest BCUT2D eigenvalue weighted by atomic mass is 16.4. The smallest absolute Gasteiger partial charge is 0.374 e.